The van der Waals surface area contributed by atoms with Gasteiger partial charge >= 0.3 is 0 Å². The third-order valence-electron chi connectivity index (χ3n) is 5.74. The number of nitrogens with zero attached hydrogens (tertiary/aromatic N) is 2. The Bertz CT molecular complexity index is 1260. The van der Waals surface area contributed by atoms with Gasteiger partial charge in [0.05, 0.1) is 11.6 Å². The lowest BCUT2D eigenvalue weighted by Gasteiger charge is -2.28. The van der Waals surface area contributed by atoms with E-state index in [1.165, 1.54) is 12.1 Å². The zero-order chi connectivity index (χ0) is 21.8. The van der Waals surface area contributed by atoms with Gasteiger partial charge in [-0.05, 0) is 60.4 Å². The predicted octanol–water partition coefficient (Wildman–Crippen LogP) is 5.51. The van der Waals surface area contributed by atoms with E-state index in [2.05, 4.69) is 23.3 Å². The molecule has 1 atom stereocenters. The molecule has 1 N–H and O–H groups in total. The molecule has 4 rings (SSSR count). The van der Waals surface area contributed by atoms with Crippen LogP contribution in [0.1, 0.15) is 34.8 Å². The van der Waals surface area contributed by atoms with Gasteiger partial charge in [-0.2, -0.15) is 5.26 Å². The van der Waals surface area contributed by atoms with Gasteiger partial charge in [-0.3, -0.25) is 4.79 Å². The Hall–Kier alpha value is -3.78. The summed E-state index contributed by atoms with van der Waals surface area (Å²) in [5.74, 6) is 0.366. The molecule has 0 aliphatic heterocycles. The van der Waals surface area contributed by atoms with E-state index in [-0.39, 0.29) is 11.2 Å². The number of pyridine rings is 1. The molecule has 1 aliphatic carbocycles. The summed E-state index contributed by atoms with van der Waals surface area (Å²) in [5, 5.41) is 13.1. The summed E-state index contributed by atoms with van der Waals surface area (Å²) >= 11 is 0. The number of carbonyl (C=O) groups is 1. The summed E-state index contributed by atoms with van der Waals surface area (Å²) < 4.78 is 13.3. The number of nitriles is 1. The van der Waals surface area contributed by atoms with Crippen molar-refractivity contribution in [1.82, 2.24) is 4.98 Å². The Labute approximate surface area is 180 Å². The van der Waals surface area contributed by atoms with Gasteiger partial charge < -0.3 is 5.32 Å². The van der Waals surface area contributed by atoms with Crippen LogP contribution in [0.3, 0.4) is 0 Å². The first-order valence-electron chi connectivity index (χ1n) is 10.2. The van der Waals surface area contributed by atoms with Crippen molar-refractivity contribution in [2.24, 2.45) is 0 Å². The van der Waals surface area contributed by atoms with Crippen molar-refractivity contribution in [2.45, 2.75) is 25.2 Å². The fraction of sp³-hybridized carbons (Fsp3) is 0.192. The van der Waals surface area contributed by atoms with Crippen molar-refractivity contribution >= 4 is 23.0 Å². The Morgan fingerprint density at radius 2 is 2.13 bits per heavy atom. The number of rotatable bonds is 6. The van der Waals surface area contributed by atoms with Gasteiger partial charge in [0.15, 0.2) is 6.29 Å². The highest BCUT2D eigenvalue weighted by Crippen LogP contribution is 2.35. The number of aromatic nitrogens is 1. The predicted molar refractivity (Wildman–Crippen MR) is 121 cm³/mol. The minimum atomic E-state index is -0.249. The molecule has 0 saturated carbocycles. The standard InChI is InChI=1S/C26H22FN3O/c1-26(10-7-19(16-28)8-11-26)21-5-6-24-23(15-21)20(17-31)14-25(30-24)29-12-9-18-3-2-4-22(27)13-18/h2-8,10,13-15,17H,9,11-12H2,1H3,(H,29,30). The number of hydrogen-bond donors (Lipinski definition) is 1. The molecule has 0 bridgehead atoms. The summed E-state index contributed by atoms with van der Waals surface area (Å²) in [5.41, 5.74) is 3.70. The molecule has 0 fully saturated rings. The van der Waals surface area contributed by atoms with Crippen LogP contribution in [0.25, 0.3) is 10.9 Å². The zero-order valence-corrected chi connectivity index (χ0v) is 17.2. The zero-order valence-electron chi connectivity index (χ0n) is 17.2. The van der Waals surface area contributed by atoms with Crippen LogP contribution in [0, 0.1) is 17.1 Å². The van der Waals surface area contributed by atoms with Gasteiger partial charge in [0, 0.05) is 28.5 Å². The Kier molecular flexibility index (Phi) is 5.64. The van der Waals surface area contributed by atoms with Crippen LogP contribution >= 0.6 is 0 Å². The minimum Gasteiger partial charge on any atom is -0.370 e. The molecule has 31 heavy (non-hydrogen) atoms. The molecule has 1 aromatic heterocycles. The van der Waals surface area contributed by atoms with Gasteiger partial charge in [0.2, 0.25) is 0 Å². The number of carbonyl (C=O) groups excluding carboxylic acids is 1. The fourth-order valence-electron chi connectivity index (χ4n) is 3.85. The molecule has 0 radical (unpaired) electrons. The Morgan fingerprint density at radius 3 is 2.84 bits per heavy atom. The molecule has 1 heterocycles. The van der Waals surface area contributed by atoms with E-state index in [9.17, 15) is 9.18 Å². The molecule has 1 aliphatic rings. The lowest BCUT2D eigenvalue weighted by atomic mass is 9.76. The monoisotopic (exact) mass is 411 g/mol. The van der Waals surface area contributed by atoms with Crippen molar-refractivity contribution in [2.75, 3.05) is 11.9 Å². The Balaban J connectivity index is 1.57. The summed E-state index contributed by atoms with van der Waals surface area (Å²) in [4.78, 5) is 16.4. The highest BCUT2D eigenvalue weighted by molar-refractivity contribution is 5.98. The molecule has 2 aromatic carbocycles. The van der Waals surface area contributed by atoms with Crippen LogP contribution in [0.15, 0.2) is 72.3 Å². The highest BCUT2D eigenvalue weighted by Gasteiger charge is 2.25. The van der Waals surface area contributed by atoms with Gasteiger partial charge in [-0.25, -0.2) is 9.37 Å². The molecule has 1 unspecified atom stereocenters. The second-order valence-corrected chi connectivity index (χ2v) is 7.98. The van der Waals surface area contributed by atoms with E-state index < -0.39 is 0 Å². The lowest BCUT2D eigenvalue weighted by Crippen LogP contribution is -2.20. The normalized spacial score (nSPS) is 17.8. The van der Waals surface area contributed by atoms with Crippen LogP contribution in [0.4, 0.5) is 10.2 Å². The average molecular weight is 411 g/mol. The second kappa shape index (κ2) is 8.53. The smallest absolute Gasteiger partial charge is 0.150 e. The van der Waals surface area contributed by atoms with Crippen LogP contribution in [0.5, 0.6) is 0 Å². The summed E-state index contributed by atoms with van der Waals surface area (Å²) in [6.45, 7) is 2.69. The molecule has 154 valence electrons. The highest BCUT2D eigenvalue weighted by atomic mass is 19.1. The van der Waals surface area contributed by atoms with Gasteiger partial charge in [0.25, 0.3) is 0 Å². The van der Waals surface area contributed by atoms with E-state index >= 15 is 0 Å². The minimum absolute atomic E-state index is 0.240. The van der Waals surface area contributed by atoms with Crippen LogP contribution in [0.2, 0.25) is 0 Å². The van der Waals surface area contributed by atoms with E-state index in [4.69, 9.17) is 5.26 Å². The number of anilines is 1. The number of fused-ring (bicyclic) bond motifs is 1. The maximum Gasteiger partial charge on any atom is 0.150 e. The summed E-state index contributed by atoms with van der Waals surface area (Å²) in [6, 6.07) is 16.4. The molecule has 0 amide bonds. The molecular formula is C26H22FN3O. The SMILES string of the molecule is CC1(c2ccc3nc(NCCc4cccc(F)c4)cc(C=O)c3c2)C=CC(C#N)=CC1. The largest absolute Gasteiger partial charge is 0.370 e. The first-order valence-corrected chi connectivity index (χ1v) is 10.2. The molecule has 0 saturated heterocycles. The number of nitrogens with one attached hydrogen (secondary N) is 1. The van der Waals surface area contributed by atoms with Crippen LogP contribution in [-0.2, 0) is 11.8 Å². The van der Waals surface area contributed by atoms with Crippen molar-refractivity contribution in [3.05, 3.63) is 94.8 Å². The third kappa shape index (κ3) is 4.39. The lowest BCUT2D eigenvalue weighted by molar-refractivity contribution is 0.112. The molecule has 4 nitrogen and oxygen atoms in total. The van der Waals surface area contributed by atoms with Crippen molar-refractivity contribution in [3.8, 4) is 6.07 Å². The molecule has 0 spiro atoms. The van der Waals surface area contributed by atoms with Crippen LogP contribution in [-0.4, -0.2) is 17.8 Å². The van der Waals surface area contributed by atoms with Crippen molar-refractivity contribution in [1.29, 1.82) is 5.26 Å². The topological polar surface area (TPSA) is 65.8 Å². The number of benzene rings is 2. The maximum absolute atomic E-state index is 13.3. The Morgan fingerprint density at radius 1 is 1.26 bits per heavy atom. The van der Waals surface area contributed by atoms with E-state index in [1.54, 1.807) is 12.1 Å². The molecule has 3 aromatic rings. The first kappa shape index (κ1) is 20.5. The van der Waals surface area contributed by atoms with Crippen molar-refractivity contribution < 1.29 is 9.18 Å². The average Bonchev–Trinajstić information content (AvgIpc) is 2.79. The first-order chi connectivity index (χ1) is 15.0. The van der Waals surface area contributed by atoms with Crippen molar-refractivity contribution in [3.63, 3.8) is 0 Å². The van der Waals surface area contributed by atoms with Gasteiger partial charge in [-0.1, -0.05) is 37.3 Å². The van der Waals surface area contributed by atoms with Crippen LogP contribution < -0.4 is 5.32 Å². The fourth-order valence-corrected chi connectivity index (χ4v) is 3.85. The molecular weight excluding hydrogens is 389 g/mol. The quantitative estimate of drug-likeness (QED) is 0.543. The third-order valence-corrected chi connectivity index (χ3v) is 5.74. The summed E-state index contributed by atoms with van der Waals surface area (Å²) in [7, 11) is 0. The van der Waals surface area contributed by atoms with E-state index in [0.717, 1.165) is 34.7 Å². The number of halogens is 1. The van der Waals surface area contributed by atoms with Gasteiger partial charge in [-0.15, -0.1) is 0 Å². The number of allylic oxidation sites excluding steroid dienone is 4. The van der Waals surface area contributed by atoms with E-state index in [1.807, 2.05) is 42.5 Å². The maximum atomic E-state index is 13.3. The van der Waals surface area contributed by atoms with E-state index in [0.29, 0.717) is 29.9 Å². The number of hydrogen-bond acceptors (Lipinski definition) is 4. The number of aldehydes is 1. The second-order valence-electron chi connectivity index (χ2n) is 7.98. The molecule has 5 heteroatoms. The summed E-state index contributed by atoms with van der Waals surface area (Å²) in [6.07, 6.45) is 8.05. The van der Waals surface area contributed by atoms with Gasteiger partial charge in [0.1, 0.15) is 11.6 Å².